The van der Waals surface area contributed by atoms with E-state index in [0.717, 1.165) is 21.1 Å². The molecule has 1 aromatic rings. The van der Waals surface area contributed by atoms with Crippen LogP contribution in [0.3, 0.4) is 0 Å². The first-order chi connectivity index (χ1) is 9.69. The Kier molecular flexibility index (Phi) is 6.04. The molecule has 1 aromatic carbocycles. The molecule has 0 aliphatic carbocycles. The monoisotopic (exact) mass is 316 g/mol. The second-order valence-corrected chi connectivity index (χ2v) is 6.11. The lowest BCUT2D eigenvalue weighted by atomic mass is 10.2. The lowest BCUT2D eigenvalue weighted by Gasteiger charge is -2.17. The number of rotatable bonds is 6. The van der Waals surface area contributed by atoms with Crippen LogP contribution in [0.1, 0.15) is 18.8 Å². The van der Waals surface area contributed by atoms with Crippen LogP contribution in [0.5, 0.6) is 5.75 Å². The van der Waals surface area contributed by atoms with Gasteiger partial charge in [-0.25, -0.2) is 0 Å². The minimum atomic E-state index is -0.279. The number of hydrogen-bond acceptors (Lipinski definition) is 6. The summed E-state index contributed by atoms with van der Waals surface area (Å²) < 4.78 is 22.1. The number of methoxy groups -OCH3 is 1. The first-order valence-corrected chi connectivity index (χ1v) is 8.79. The van der Waals surface area contributed by atoms with Gasteiger partial charge in [0.1, 0.15) is 5.75 Å². The Bertz CT molecular complexity index is 428. The first-order valence-electron chi connectivity index (χ1n) is 6.34. The number of ether oxygens (including phenoxy) is 4. The SMILES string of the molecule is COCOc1c(SC)cc(C2OCC(C)O2)cc1SC. The first kappa shape index (κ1) is 16.0. The van der Waals surface area contributed by atoms with Crippen molar-refractivity contribution in [2.75, 3.05) is 33.0 Å². The fourth-order valence-corrected chi connectivity index (χ4v) is 3.26. The molecule has 1 fully saturated rings. The summed E-state index contributed by atoms with van der Waals surface area (Å²) in [4.78, 5) is 2.13. The Morgan fingerprint density at radius 3 is 2.35 bits per heavy atom. The third-order valence-electron chi connectivity index (χ3n) is 2.91. The van der Waals surface area contributed by atoms with Gasteiger partial charge in [0.2, 0.25) is 0 Å². The molecule has 2 rings (SSSR count). The molecule has 112 valence electrons. The van der Waals surface area contributed by atoms with E-state index in [9.17, 15) is 0 Å². The Hall–Kier alpha value is -0.400. The van der Waals surface area contributed by atoms with Gasteiger partial charge < -0.3 is 18.9 Å². The largest absolute Gasteiger partial charge is 0.465 e. The zero-order chi connectivity index (χ0) is 14.5. The molecule has 0 spiro atoms. The van der Waals surface area contributed by atoms with Crippen molar-refractivity contribution in [3.8, 4) is 5.75 Å². The molecular formula is C14H20O4S2. The molecule has 0 radical (unpaired) electrons. The summed E-state index contributed by atoms with van der Waals surface area (Å²) in [5.74, 6) is 0.863. The van der Waals surface area contributed by atoms with Gasteiger partial charge >= 0.3 is 0 Å². The lowest BCUT2D eigenvalue weighted by Crippen LogP contribution is -2.05. The molecule has 0 saturated carbocycles. The average Bonchev–Trinajstić information content (AvgIpc) is 2.90. The van der Waals surface area contributed by atoms with Gasteiger partial charge in [0.15, 0.2) is 13.1 Å². The highest BCUT2D eigenvalue weighted by molar-refractivity contribution is 7.99. The van der Waals surface area contributed by atoms with Crippen molar-refractivity contribution in [1.82, 2.24) is 0 Å². The van der Waals surface area contributed by atoms with Gasteiger partial charge in [-0.1, -0.05) is 0 Å². The van der Waals surface area contributed by atoms with Gasteiger partial charge in [-0.3, -0.25) is 0 Å². The van der Waals surface area contributed by atoms with Crippen molar-refractivity contribution in [1.29, 1.82) is 0 Å². The van der Waals surface area contributed by atoms with Crippen molar-refractivity contribution in [3.63, 3.8) is 0 Å². The maximum atomic E-state index is 5.76. The number of thioether (sulfide) groups is 2. The van der Waals surface area contributed by atoms with E-state index in [1.807, 2.05) is 19.4 Å². The maximum absolute atomic E-state index is 5.76. The fourth-order valence-electron chi connectivity index (χ4n) is 1.98. The van der Waals surface area contributed by atoms with Gasteiger partial charge in [0.05, 0.1) is 22.5 Å². The molecule has 1 aliphatic rings. The quantitative estimate of drug-likeness (QED) is 0.590. The van der Waals surface area contributed by atoms with Crippen molar-refractivity contribution in [2.45, 2.75) is 29.1 Å². The van der Waals surface area contributed by atoms with Crippen LogP contribution in [-0.4, -0.2) is 39.1 Å². The lowest BCUT2D eigenvalue weighted by molar-refractivity contribution is -0.0575. The predicted octanol–water partition coefficient (Wildman–Crippen LogP) is 3.55. The normalized spacial score (nSPS) is 22.2. The molecular weight excluding hydrogens is 296 g/mol. The highest BCUT2D eigenvalue weighted by atomic mass is 32.2. The van der Waals surface area contributed by atoms with E-state index in [1.54, 1.807) is 30.6 Å². The molecule has 0 aromatic heterocycles. The van der Waals surface area contributed by atoms with Gasteiger partial charge in [-0.15, -0.1) is 23.5 Å². The second-order valence-electron chi connectivity index (χ2n) is 4.42. The van der Waals surface area contributed by atoms with Crippen LogP contribution in [0.2, 0.25) is 0 Å². The molecule has 2 unspecified atom stereocenters. The van der Waals surface area contributed by atoms with Crippen molar-refractivity contribution >= 4 is 23.5 Å². The van der Waals surface area contributed by atoms with Crippen molar-refractivity contribution in [2.24, 2.45) is 0 Å². The van der Waals surface area contributed by atoms with E-state index >= 15 is 0 Å². The predicted molar refractivity (Wildman–Crippen MR) is 81.7 cm³/mol. The Labute approximate surface area is 128 Å². The molecule has 6 heteroatoms. The molecule has 1 heterocycles. The van der Waals surface area contributed by atoms with E-state index < -0.39 is 0 Å². The van der Waals surface area contributed by atoms with Crippen LogP contribution in [0.4, 0.5) is 0 Å². The van der Waals surface area contributed by atoms with Crippen LogP contribution < -0.4 is 4.74 Å². The van der Waals surface area contributed by atoms with Crippen LogP contribution in [-0.2, 0) is 14.2 Å². The summed E-state index contributed by atoms with van der Waals surface area (Å²) in [6, 6.07) is 4.14. The van der Waals surface area contributed by atoms with Gasteiger partial charge in [-0.2, -0.15) is 0 Å². The average molecular weight is 316 g/mol. The summed E-state index contributed by atoms with van der Waals surface area (Å²) in [5, 5.41) is 0. The summed E-state index contributed by atoms with van der Waals surface area (Å²) in [5.41, 5.74) is 1.04. The zero-order valence-electron chi connectivity index (χ0n) is 12.2. The van der Waals surface area contributed by atoms with Crippen LogP contribution in [0.25, 0.3) is 0 Å². The molecule has 0 amide bonds. The van der Waals surface area contributed by atoms with Gasteiger partial charge in [0.25, 0.3) is 0 Å². The highest BCUT2D eigenvalue weighted by Gasteiger charge is 2.26. The Morgan fingerprint density at radius 2 is 1.90 bits per heavy atom. The fraction of sp³-hybridized carbons (Fsp3) is 0.571. The third-order valence-corrected chi connectivity index (χ3v) is 4.40. The summed E-state index contributed by atoms with van der Waals surface area (Å²) in [7, 11) is 1.62. The summed E-state index contributed by atoms with van der Waals surface area (Å²) in [6.07, 6.45) is 3.92. The van der Waals surface area contributed by atoms with E-state index in [1.165, 1.54) is 0 Å². The third kappa shape index (κ3) is 3.62. The zero-order valence-corrected chi connectivity index (χ0v) is 13.8. The van der Waals surface area contributed by atoms with E-state index in [-0.39, 0.29) is 19.2 Å². The molecule has 0 N–H and O–H groups in total. The van der Waals surface area contributed by atoms with Crippen LogP contribution >= 0.6 is 23.5 Å². The van der Waals surface area contributed by atoms with E-state index in [4.69, 9.17) is 18.9 Å². The van der Waals surface area contributed by atoms with E-state index in [0.29, 0.717) is 6.61 Å². The minimum Gasteiger partial charge on any atom is -0.465 e. The number of benzene rings is 1. The standard InChI is InChI=1S/C14H20O4S2/c1-9-7-16-14(18-9)10-5-11(19-3)13(17-8-15-2)12(6-10)20-4/h5-6,9,14H,7-8H2,1-4H3. The Balaban J connectivity index is 2.31. The molecule has 0 bridgehead atoms. The summed E-state index contributed by atoms with van der Waals surface area (Å²) >= 11 is 3.29. The molecule has 1 saturated heterocycles. The van der Waals surface area contributed by atoms with Crippen molar-refractivity contribution < 1.29 is 18.9 Å². The van der Waals surface area contributed by atoms with Crippen molar-refractivity contribution in [3.05, 3.63) is 17.7 Å². The topological polar surface area (TPSA) is 36.9 Å². The summed E-state index contributed by atoms with van der Waals surface area (Å²) in [6.45, 7) is 2.89. The van der Waals surface area contributed by atoms with E-state index in [2.05, 4.69) is 12.1 Å². The number of hydrogen-bond donors (Lipinski definition) is 0. The second kappa shape index (κ2) is 7.56. The van der Waals surface area contributed by atoms with Crippen LogP contribution in [0.15, 0.2) is 21.9 Å². The maximum Gasteiger partial charge on any atom is 0.188 e. The molecule has 20 heavy (non-hydrogen) atoms. The molecule has 1 aliphatic heterocycles. The van der Waals surface area contributed by atoms with Crippen LogP contribution in [0, 0.1) is 0 Å². The Morgan fingerprint density at radius 1 is 1.25 bits per heavy atom. The highest BCUT2D eigenvalue weighted by Crippen LogP contribution is 2.40. The molecule has 4 nitrogen and oxygen atoms in total. The minimum absolute atomic E-state index is 0.139. The van der Waals surface area contributed by atoms with Gasteiger partial charge in [0, 0.05) is 12.7 Å². The smallest absolute Gasteiger partial charge is 0.188 e. The van der Waals surface area contributed by atoms with Gasteiger partial charge in [-0.05, 0) is 31.6 Å². The molecule has 2 atom stereocenters.